The molecule has 1 aliphatic carbocycles. The minimum absolute atomic E-state index is 0.00753. The van der Waals surface area contributed by atoms with Gasteiger partial charge >= 0.3 is 0 Å². The summed E-state index contributed by atoms with van der Waals surface area (Å²) in [6, 6.07) is -0.836. The Hall–Kier alpha value is -1.15. The highest BCUT2D eigenvalue weighted by atomic mass is 32.2. The van der Waals surface area contributed by atoms with E-state index < -0.39 is 21.6 Å². The summed E-state index contributed by atoms with van der Waals surface area (Å²) >= 11 is 0. The van der Waals surface area contributed by atoms with Crippen LogP contribution in [0.25, 0.3) is 0 Å². The Morgan fingerprint density at radius 2 is 2.00 bits per heavy atom. The molecule has 2 amide bonds. The van der Waals surface area contributed by atoms with E-state index in [0.717, 1.165) is 25.7 Å². The van der Waals surface area contributed by atoms with Gasteiger partial charge in [0.2, 0.25) is 21.8 Å². The summed E-state index contributed by atoms with van der Waals surface area (Å²) in [5.41, 5.74) is -0.489. The van der Waals surface area contributed by atoms with E-state index in [2.05, 4.69) is 10.6 Å². The van der Waals surface area contributed by atoms with Crippen molar-refractivity contribution in [2.24, 2.45) is 5.92 Å². The predicted molar refractivity (Wildman–Crippen MR) is 91.8 cm³/mol. The lowest BCUT2D eigenvalue weighted by molar-refractivity contribution is -0.129. The molecule has 1 unspecified atom stereocenters. The number of carbonyl (C=O) groups is 2. The van der Waals surface area contributed by atoms with Crippen molar-refractivity contribution in [2.75, 3.05) is 18.8 Å². The first-order valence-corrected chi connectivity index (χ1v) is 10.4. The molecule has 1 heterocycles. The maximum Gasteiger partial charge on any atom is 0.244 e. The number of hydrogen-bond donors (Lipinski definition) is 2. The molecule has 0 aromatic carbocycles. The molecule has 1 saturated heterocycles. The number of amides is 2. The number of carbonyl (C=O) groups excluding carboxylic acids is 2. The summed E-state index contributed by atoms with van der Waals surface area (Å²) in [4.78, 5) is 24.7. The summed E-state index contributed by atoms with van der Waals surface area (Å²) < 4.78 is 26.3. The van der Waals surface area contributed by atoms with Gasteiger partial charge in [-0.05, 0) is 25.7 Å². The van der Waals surface area contributed by atoms with E-state index in [1.165, 1.54) is 4.31 Å². The Balaban J connectivity index is 2.22. The van der Waals surface area contributed by atoms with Crippen molar-refractivity contribution in [3.05, 3.63) is 0 Å². The summed E-state index contributed by atoms with van der Waals surface area (Å²) in [6.45, 7) is 5.75. The van der Waals surface area contributed by atoms with Gasteiger partial charge in [0.25, 0.3) is 0 Å². The second-order valence-corrected chi connectivity index (χ2v) is 9.65. The zero-order valence-electron chi connectivity index (χ0n) is 14.8. The normalized spacial score (nSPS) is 24.8. The van der Waals surface area contributed by atoms with Gasteiger partial charge in [-0.25, -0.2) is 8.42 Å². The lowest BCUT2D eigenvalue weighted by Gasteiger charge is -2.32. The average Bonchev–Trinajstić information content (AvgIpc) is 2.87. The van der Waals surface area contributed by atoms with Crippen LogP contribution < -0.4 is 10.6 Å². The quantitative estimate of drug-likeness (QED) is 0.752. The zero-order valence-corrected chi connectivity index (χ0v) is 15.6. The van der Waals surface area contributed by atoms with E-state index in [9.17, 15) is 18.0 Å². The molecule has 2 rings (SSSR count). The molecular formula is C16H29N3O4S. The molecule has 1 spiro atoms. The molecule has 2 aliphatic rings. The maximum absolute atomic E-state index is 12.6. The number of rotatable bonds is 5. The second kappa shape index (κ2) is 7.39. The van der Waals surface area contributed by atoms with Crippen molar-refractivity contribution in [1.29, 1.82) is 0 Å². The first-order chi connectivity index (χ1) is 11.2. The van der Waals surface area contributed by atoms with Gasteiger partial charge in [0.15, 0.2) is 0 Å². The van der Waals surface area contributed by atoms with Gasteiger partial charge in [-0.3, -0.25) is 9.59 Å². The van der Waals surface area contributed by atoms with Crippen LogP contribution >= 0.6 is 0 Å². The van der Waals surface area contributed by atoms with E-state index in [0.29, 0.717) is 13.0 Å². The second-order valence-electron chi connectivity index (χ2n) is 7.39. The minimum atomic E-state index is -3.43. The molecule has 8 heteroatoms. The monoisotopic (exact) mass is 359 g/mol. The Kier molecular flexibility index (Phi) is 5.91. The average molecular weight is 359 g/mol. The van der Waals surface area contributed by atoms with Crippen molar-refractivity contribution in [2.45, 2.75) is 64.5 Å². The smallest absolute Gasteiger partial charge is 0.244 e. The fourth-order valence-corrected chi connectivity index (χ4v) is 4.73. The fourth-order valence-electron chi connectivity index (χ4n) is 3.54. The Labute approximate surface area is 144 Å². The van der Waals surface area contributed by atoms with E-state index in [1.54, 1.807) is 6.92 Å². The number of sulfonamides is 1. The summed E-state index contributed by atoms with van der Waals surface area (Å²) in [7, 11) is -3.43. The van der Waals surface area contributed by atoms with E-state index >= 15 is 0 Å². The number of hydrogen-bond acceptors (Lipinski definition) is 4. The van der Waals surface area contributed by atoms with Gasteiger partial charge in [0.1, 0.15) is 6.04 Å². The third kappa shape index (κ3) is 4.47. The maximum atomic E-state index is 12.6. The topological polar surface area (TPSA) is 95.6 Å². The molecule has 0 bridgehead atoms. The Bertz CT molecular complexity index is 582. The Morgan fingerprint density at radius 3 is 2.54 bits per heavy atom. The molecular weight excluding hydrogens is 330 g/mol. The van der Waals surface area contributed by atoms with Crippen molar-refractivity contribution < 1.29 is 18.0 Å². The molecule has 0 aromatic rings. The standard InChI is InChI=1S/C16H29N3O4S/c1-4-24(22,23)19-10-13(17-14(20)9-12(2)3)15(21)18-16(11-19)7-5-6-8-16/h12-13H,4-11H2,1-3H3,(H,17,20)(H,18,21). The van der Waals surface area contributed by atoms with Crippen LogP contribution in [0.1, 0.15) is 52.9 Å². The first kappa shape index (κ1) is 19.2. The summed E-state index contributed by atoms with van der Waals surface area (Å²) in [6.07, 6.45) is 3.83. The molecule has 138 valence electrons. The highest BCUT2D eigenvalue weighted by Gasteiger charge is 2.44. The first-order valence-electron chi connectivity index (χ1n) is 8.77. The Morgan fingerprint density at radius 1 is 1.38 bits per heavy atom. The molecule has 2 fully saturated rings. The lowest BCUT2D eigenvalue weighted by Crippen LogP contribution is -2.54. The van der Waals surface area contributed by atoms with Crippen molar-refractivity contribution in [3.8, 4) is 0 Å². The van der Waals surface area contributed by atoms with Gasteiger partial charge in [-0.2, -0.15) is 4.31 Å². The van der Waals surface area contributed by atoms with Crippen LogP contribution in [0.4, 0.5) is 0 Å². The summed E-state index contributed by atoms with van der Waals surface area (Å²) in [5.74, 6) is -0.330. The molecule has 1 aliphatic heterocycles. The fraction of sp³-hybridized carbons (Fsp3) is 0.875. The molecule has 0 aromatic heterocycles. The minimum Gasteiger partial charge on any atom is -0.348 e. The van der Waals surface area contributed by atoms with Crippen LogP contribution in [-0.4, -0.2) is 55.0 Å². The third-order valence-electron chi connectivity index (χ3n) is 4.82. The van der Waals surface area contributed by atoms with Crippen LogP contribution in [0.5, 0.6) is 0 Å². The predicted octanol–water partition coefficient (Wildman–Crippen LogP) is 0.612. The molecule has 2 N–H and O–H groups in total. The molecule has 1 saturated carbocycles. The SMILES string of the molecule is CCS(=O)(=O)N1CC(NC(=O)CC(C)C)C(=O)NC2(CCCC2)C1. The van der Waals surface area contributed by atoms with Crippen molar-refractivity contribution in [1.82, 2.24) is 14.9 Å². The van der Waals surface area contributed by atoms with Crippen molar-refractivity contribution >= 4 is 21.8 Å². The number of nitrogens with zero attached hydrogens (tertiary/aromatic N) is 1. The van der Waals surface area contributed by atoms with E-state index in [4.69, 9.17) is 0 Å². The van der Waals surface area contributed by atoms with Crippen LogP contribution in [0.3, 0.4) is 0 Å². The van der Waals surface area contributed by atoms with Gasteiger partial charge in [-0.15, -0.1) is 0 Å². The van der Waals surface area contributed by atoms with Gasteiger partial charge in [0.05, 0.1) is 11.3 Å². The lowest BCUT2D eigenvalue weighted by atomic mass is 9.98. The zero-order chi connectivity index (χ0) is 18.0. The number of nitrogens with one attached hydrogen (secondary N) is 2. The summed E-state index contributed by atoms with van der Waals surface area (Å²) in [5, 5.41) is 5.74. The highest BCUT2D eigenvalue weighted by molar-refractivity contribution is 7.89. The highest BCUT2D eigenvalue weighted by Crippen LogP contribution is 2.32. The molecule has 1 atom stereocenters. The van der Waals surface area contributed by atoms with E-state index in [-0.39, 0.29) is 30.0 Å². The van der Waals surface area contributed by atoms with Crippen molar-refractivity contribution in [3.63, 3.8) is 0 Å². The van der Waals surface area contributed by atoms with Crippen LogP contribution in [0.15, 0.2) is 0 Å². The van der Waals surface area contributed by atoms with Crippen LogP contribution in [-0.2, 0) is 19.6 Å². The largest absolute Gasteiger partial charge is 0.348 e. The molecule has 24 heavy (non-hydrogen) atoms. The van der Waals surface area contributed by atoms with Gasteiger partial charge in [0, 0.05) is 19.5 Å². The third-order valence-corrected chi connectivity index (χ3v) is 6.61. The van der Waals surface area contributed by atoms with Crippen LogP contribution in [0, 0.1) is 5.92 Å². The molecule has 7 nitrogen and oxygen atoms in total. The van der Waals surface area contributed by atoms with E-state index in [1.807, 2.05) is 13.8 Å². The molecule has 0 radical (unpaired) electrons. The van der Waals surface area contributed by atoms with Gasteiger partial charge < -0.3 is 10.6 Å². The van der Waals surface area contributed by atoms with Crippen LogP contribution in [0.2, 0.25) is 0 Å². The van der Waals surface area contributed by atoms with Gasteiger partial charge in [-0.1, -0.05) is 26.7 Å².